The molecule has 2 aliphatic carbocycles. The highest BCUT2D eigenvalue weighted by Crippen LogP contribution is 2.63. The van der Waals surface area contributed by atoms with Crippen LogP contribution in [0.1, 0.15) is 53.4 Å². The number of rotatable bonds is 3. The van der Waals surface area contributed by atoms with E-state index < -0.39 is 0 Å². The first kappa shape index (κ1) is 18.3. The normalized spacial score (nSPS) is 43.8. The fraction of sp³-hybridized carbons (Fsp3) is 1.00. The third kappa shape index (κ3) is 3.19. The predicted octanol–water partition coefficient (Wildman–Crippen LogP) is 3.74. The SMILES string of the molecule is CC(C)C12CCN(C)CC1C2.CC(C)C12CCN(C3COC3)CC1C2. The smallest absolute Gasteiger partial charge is 0.0645 e. The highest BCUT2D eigenvalue weighted by atomic mass is 16.5. The van der Waals surface area contributed by atoms with Gasteiger partial charge in [-0.1, -0.05) is 27.7 Å². The van der Waals surface area contributed by atoms with Gasteiger partial charge in [0.05, 0.1) is 19.3 Å². The Morgan fingerprint density at radius 1 is 0.840 bits per heavy atom. The molecular formula is C22H40N2O. The fourth-order valence-corrected chi connectivity index (χ4v) is 6.25. The van der Waals surface area contributed by atoms with Crippen molar-refractivity contribution in [2.75, 3.05) is 46.4 Å². The Labute approximate surface area is 155 Å². The summed E-state index contributed by atoms with van der Waals surface area (Å²) in [6, 6.07) is 0.765. The quantitative estimate of drug-likeness (QED) is 0.773. The van der Waals surface area contributed by atoms with E-state index in [-0.39, 0.29) is 0 Å². The van der Waals surface area contributed by atoms with Crippen LogP contribution < -0.4 is 0 Å². The van der Waals surface area contributed by atoms with E-state index in [4.69, 9.17) is 4.74 Å². The van der Waals surface area contributed by atoms with Gasteiger partial charge in [-0.05, 0) is 80.3 Å². The maximum absolute atomic E-state index is 5.27. The molecule has 5 aliphatic rings. The first-order valence-corrected chi connectivity index (χ1v) is 10.9. The van der Waals surface area contributed by atoms with Gasteiger partial charge in [0.15, 0.2) is 0 Å². The van der Waals surface area contributed by atoms with Crippen LogP contribution in [0.3, 0.4) is 0 Å². The first-order valence-electron chi connectivity index (χ1n) is 10.9. The van der Waals surface area contributed by atoms with Crippen LogP contribution in [0.25, 0.3) is 0 Å². The van der Waals surface area contributed by atoms with Gasteiger partial charge >= 0.3 is 0 Å². The van der Waals surface area contributed by atoms with Crippen LogP contribution in [-0.4, -0.2) is 62.3 Å². The lowest BCUT2D eigenvalue weighted by Gasteiger charge is -2.42. The standard InChI is InChI=1S/C12H21NO.C10H19N/c1-9(2)12-3-4-13(6-10(12)5-12)11-7-14-8-11;1-8(2)10-4-5-11(3)7-9(10)6-10/h9-11H,3-8H2,1-2H3;8-9H,4-7H2,1-3H3. The van der Waals surface area contributed by atoms with Crippen molar-refractivity contribution in [3.05, 3.63) is 0 Å². The Morgan fingerprint density at radius 2 is 1.40 bits per heavy atom. The van der Waals surface area contributed by atoms with Gasteiger partial charge in [-0.15, -0.1) is 0 Å². The lowest BCUT2D eigenvalue weighted by atomic mass is 9.84. The number of piperidine rings is 2. The molecule has 3 aliphatic heterocycles. The molecule has 5 fully saturated rings. The Morgan fingerprint density at radius 3 is 1.84 bits per heavy atom. The molecule has 4 unspecified atom stereocenters. The molecular weight excluding hydrogens is 308 g/mol. The molecule has 0 bridgehead atoms. The van der Waals surface area contributed by atoms with Crippen molar-refractivity contribution in [2.45, 2.75) is 59.4 Å². The topological polar surface area (TPSA) is 15.7 Å². The van der Waals surface area contributed by atoms with E-state index in [1.807, 2.05) is 0 Å². The minimum Gasteiger partial charge on any atom is -0.378 e. The van der Waals surface area contributed by atoms with Gasteiger partial charge in [0.1, 0.15) is 0 Å². The van der Waals surface area contributed by atoms with Gasteiger partial charge in [-0.3, -0.25) is 4.90 Å². The predicted molar refractivity (Wildman–Crippen MR) is 104 cm³/mol. The highest BCUT2D eigenvalue weighted by Gasteiger charge is 2.59. The summed E-state index contributed by atoms with van der Waals surface area (Å²) >= 11 is 0. The van der Waals surface area contributed by atoms with Crippen LogP contribution >= 0.6 is 0 Å². The summed E-state index contributed by atoms with van der Waals surface area (Å²) in [5, 5.41) is 0. The van der Waals surface area contributed by atoms with Crippen molar-refractivity contribution in [2.24, 2.45) is 34.5 Å². The number of hydrogen-bond donors (Lipinski definition) is 0. The second-order valence-electron chi connectivity index (χ2n) is 10.5. The van der Waals surface area contributed by atoms with Crippen molar-refractivity contribution in [3.63, 3.8) is 0 Å². The van der Waals surface area contributed by atoms with Crippen LogP contribution in [0.5, 0.6) is 0 Å². The highest BCUT2D eigenvalue weighted by molar-refractivity contribution is 5.09. The lowest BCUT2D eigenvalue weighted by Crippen LogP contribution is -2.52. The average molecular weight is 349 g/mol. The third-order valence-corrected chi connectivity index (χ3v) is 8.81. The van der Waals surface area contributed by atoms with Crippen molar-refractivity contribution >= 4 is 0 Å². The third-order valence-electron chi connectivity index (χ3n) is 8.81. The maximum Gasteiger partial charge on any atom is 0.0645 e. The molecule has 0 aromatic heterocycles. The van der Waals surface area contributed by atoms with Gasteiger partial charge in [0.2, 0.25) is 0 Å². The summed E-state index contributed by atoms with van der Waals surface area (Å²) in [7, 11) is 2.25. The summed E-state index contributed by atoms with van der Waals surface area (Å²) < 4.78 is 5.27. The zero-order valence-electron chi connectivity index (χ0n) is 17.3. The molecule has 4 atom stereocenters. The Bertz CT molecular complexity index is 488. The van der Waals surface area contributed by atoms with Gasteiger partial charge in [0.25, 0.3) is 0 Å². The van der Waals surface area contributed by atoms with E-state index >= 15 is 0 Å². The Balaban J connectivity index is 0.000000129. The van der Waals surface area contributed by atoms with E-state index in [1.54, 1.807) is 0 Å². The van der Waals surface area contributed by atoms with E-state index in [2.05, 4.69) is 44.5 Å². The Kier molecular flexibility index (Phi) is 4.74. The molecule has 3 saturated heterocycles. The maximum atomic E-state index is 5.27. The van der Waals surface area contributed by atoms with Crippen LogP contribution in [0.2, 0.25) is 0 Å². The molecule has 3 heterocycles. The zero-order valence-corrected chi connectivity index (χ0v) is 17.3. The molecule has 0 aromatic rings. The monoisotopic (exact) mass is 348 g/mol. The molecule has 3 heteroatoms. The number of nitrogens with zero attached hydrogens (tertiary/aromatic N) is 2. The van der Waals surface area contributed by atoms with E-state index in [1.165, 1.54) is 51.9 Å². The summed E-state index contributed by atoms with van der Waals surface area (Å²) in [6.45, 7) is 16.9. The number of likely N-dealkylation sites (tertiary alicyclic amines) is 2. The molecule has 2 saturated carbocycles. The molecule has 0 radical (unpaired) electrons. The van der Waals surface area contributed by atoms with E-state index in [0.29, 0.717) is 0 Å². The number of fused-ring (bicyclic) bond motifs is 2. The second-order valence-corrected chi connectivity index (χ2v) is 10.5. The molecule has 25 heavy (non-hydrogen) atoms. The van der Waals surface area contributed by atoms with Crippen LogP contribution in [-0.2, 0) is 4.74 Å². The summed E-state index contributed by atoms with van der Waals surface area (Å²) in [5.41, 5.74) is 1.54. The van der Waals surface area contributed by atoms with Crippen LogP contribution in [0.4, 0.5) is 0 Å². The summed E-state index contributed by atoms with van der Waals surface area (Å²) in [5.74, 6) is 3.87. The van der Waals surface area contributed by atoms with E-state index in [9.17, 15) is 0 Å². The van der Waals surface area contributed by atoms with Gasteiger partial charge < -0.3 is 9.64 Å². The molecule has 144 valence electrons. The van der Waals surface area contributed by atoms with Crippen molar-refractivity contribution in [3.8, 4) is 0 Å². The van der Waals surface area contributed by atoms with Crippen LogP contribution in [0.15, 0.2) is 0 Å². The van der Waals surface area contributed by atoms with Gasteiger partial charge in [0, 0.05) is 13.1 Å². The molecule has 0 N–H and O–H groups in total. The number of hydrogen-bond acceptors (Lipinski definition) is 3. The largest absolute Gasteiger partial charge is 0.378 e. The summed E-state index contributed by atoms with van der Waals surface area (Å²) in [4.78, 5) is 5.15. The zero-order chi connectivity index (χ0) is 17.8. The second kappa shape index (κ2) is 6.49. The van der Waals surface area contributed by atoms with Crippen LogP contribution in [0, 0.1) is 34.5 Å². The molecule has 0 aromatic carbocycles. The van der Waals surface area contributed by atoms with Gasteiger partial charge in [-0.25, -0.2) is 0 Å². The van der Waals surface area contributed by atoms with E-state index in [0.717, 1.165) is 53.8 Å². The molecule has 0 spiro atoms. The van der Waals surface area contributed by atoms with Crippen molar-refractivity contribution < 1.29 is 4.74 Å². The molecule has 3 nitrogen and oxygen atoms in total. The molecule has 5 rings (SSSR count). The fourth-order valence-electron chi connectivity index (χ4n) is 6.25. The minimum atomic E-state index is 0.751. The lowest BCUT2D eigenvalue weighted by molar-refractivity contribution is -0.0762. The van der Waals surface area contributed by atoms with Crippen molar-refractivity contribution in [1.29, 1.82) is 0 Å². The minimum absolute atomic E-state index is 0.751. The Hall–Kier alpha value is -0.120. The van der Waals surface area contributed by atoms with Gasteiger partial charge in [-0.2, -0.15) is 0 Å². The molecule has 0 amide bonds. The average Bonchev–Trinajstić information content (AvgIpc) is 3.38. The van der Waals surface area contributed by atoms with Crippen molar-refractivity contribution in [1.82, 2.24) is 9.80 Å². The summed E-state index contributed by atoms with van der Waals surface area (Å²) in [6.07, 6.45) is 5.89. The first-order chi connectivity index (χ1) is 11.9. The number of ether oxygens (including phenoxy) is 1.